The smallest absolute Gasteiger partial charge is 0.336 e. The first-order valence-corrected chi connectivity index (χ1v) is 10.8. The lowest BCUT2D eigenvalue weighted by atomic mass is 9.75. The van der Waals surface area contributed by atoms with Crippen molar-refractivity contribution in [1.29, 1.82) is 0 Å². The molecular formula is C24H30N2O4. The third-order valence-electron chi connectivity index (χ3n) is 6.16. The molecule has 1 saturated heterocycles. The Labute approximate surface area is 177 Å². The molecule has 0 saturated carbocycles. The maximum Gasteiger partial charge on any atom is 0.336 e. The molecule has 1 fully saturated rings. The van der Waals surface area contributed by atoms with E-state index >= 15 is 0 Å². The first-order valence-electron chi connectivity index (χ1n) is 10.8. The predicted octanol–water partition coefficient (Wildman–Crippen LogP) is 3.44. The van der Waals surface area contributed by atoms with Crippen LogP contribution in [0.1, 0.15) is 50.5 Å². The number of rotatable bonds is 5. The van der Waals surface area contributed by atoms with E-state index in [2.05, 4.69) is 5.32 Å². The molecule has 1 aromatic rings. The molecule has 0 radical (unpaired) electrons. The summed E-state index contributed by atoms with van der Waals surface area (Å²) in [5.74, 6) is -0.660. The number of benzene rings is 1. The van der Waals surface area contributed by atoms with E-state index in [4.69, 9.17) is 9.47 Å². The number of hydrogen-bond acceptors (Lipinski definition) is 6. The standard InChI is InChI=1S/C24H30N2O4/c1-15-21(24(28)30-14-18-6-5-13-29-18)22(16-9-11-17(12-10-16)26(2)3)23-19(25-15)7-4-8-20(23)27/h9-12,18,22,25H,4-8,13-14H2,1-3H3. The monoisotopic (exact) mass is 410 g/mol. The highest BCUT2D eigenvalue weighted by atomic mass is 16.6. The highest BCUT2D eigenvalue weighted by Crippen LogP contribution is 2.42. The van der Waals surface area contributed by atoms with Gasteiger partial charge in [0.25, 0.3) is 0 Å². The van der Waals surface area contributed by atoms with Crippen LogP contribution in [-0.4, -0.2) is 45.2 Å². The third kappa shape index (κ3) is 4.01. The van der Waals surface area contributed by atoms with E-state index in [0.29, 0.717) is 17.6 Å². The second-order valence-electron chi connectivity index (χ2n) is 8.49. The molecule has 1 aromatic carbocycles. The summed E-state index contributed by atoms with van der Waals surface area (Å²) in [7, 11) is 3.98. The summed E-state index contributed by atoms with van der Waals surface area (Å²) < 4.78 is 11.3. The number of carbonyl (C=O) groups is 2. The van der Waals surface area contributed by atoms with E-state index in [9.17, 15) is 9.59 Å². The molecule has 0 aromatic heterocycles. The average Bonchev–Trinajstić information content (AvgIpc) is 3.25. The van der Waals surface area contributed by atoms with Gasteiger partial charge in [-0.05, 0) is 50.3 Å². The van der Waals surface area contributed by atoms with Gasteiger partial charge in [-0.3, -0.25) is 4.79 Å². The third-order valence-corrected chi connectivity index (χ3v) is 6.16. The lowest BCUT2D eigenvalue weighted by Gasteiger charge is -2.34. The van der Waals surface area contributed by atoms with Crippen LogP contribution in [0.15, 0.2) is 46.8 Å². The Morgan fingerprint density at radius 2 is 1.97 bits per heavy atom. The zero-order chi connectivity index (χ0) is 21.3. The summed E-state index contributed by atoms with van der Waals surface area (Å²) in [6, 6.07) is 8.07. The molecule has 30 heavy (non-hydrogen) atoms. The summed E-state index contributed by atoms with van der Waals surface area (Å²) in [6.07, 6.45) is 4.05. The number of dihydropyridines is 1. The Morgan fingerprint density at radius 1 is 1.20 bits per heavy atom. The normalized spacial score (nSPS) is 23.9. The Hall–Kier alpha value is -2.60. The maximum absolute atomic E-state index is 13.2. The summed E-state index contributed by atoms with van der Waals surface area (Å²) >= 11 is 0. The quantitative estimate of drug-likeness (QED) is 0.750. The minimum atomic E-state index is -0.401. The first kappa shape index (κ1) is 20.7. The molecule has 2 aliphatic heterocycles. The molecule has 2 unspecified atom stereocenters. The molecule has 2 heterocycles. The summed E-state index contributed by atoms with van der Waals surface area (Å²) in [4.78, 5) is 28.1. The van der Waals surface area contributed by atoms with Gasteiger partial charge in [-0.1, -0.05) is 12.1 Å². The van der Waals surface area contributed by atoms with Gasteiger partial charge in [0, 0.05) is 55.7 Å². The maximum atomic E-state index is 13.2. The van der Waals surface area contributed by atoms with Crippen LogP contribution in [-0.2, 0) is 19.1 Å². The first-order chi connectivity index (χ1) is 14.5. The number of nitrogens with one attached hydrogen (secondary N) is 1. The van der Waals surface area contributed by atoms with Crippen molar-refractivity contribution in [1.82, 2.24) is 5.32 Å². The van der Waals surface area contributed by atoms with Crippen molar-refractivity contribution in [2.75, 3.05) is 32.2 Å². The van der Waals surface area contributed by atoms with Gasteiger partial charge in [-0.15, -0.1) is 0 Å². The molecule has 0 amide bonds. The number of allylic oxidation sites excluding steroid dienone is 3. The predicted molar refractivity (Wildman–Crippen MR) is 115 cm³/mol. The summed E-state index contributed by atoms with van der Waals surface area (Å²) in [5, 5.41) is 3.34. The molecule has 160 valence electrons. The number of ketones is 1. The number of anilines is 1. The van der Waals surface area contributed by atoms with E-state index in [1.54, 1.807) is 0 Å². The van der Waals surface area contributed by atoms with Gasteiger partial charge in [0.05, 0.1) is 11.7 Å². The van der Waals surface area contributed by atoms with Crippen LogP contribution in [0.2, 0.25) is 0 Å². The van der Waals surface area contributed by atoms with Crippen molar-refractivity contribution < 1.29 is 19.1 Å². The Kier molecular flexibility index (Phi) is 5.95. The van der Waals surface area contributed by atoms with Gasteiger partial charge in [0.1, 0.15) is 6.61 Å². The van der Waals surface area contributed by atoms with Gasteiger partial charge in [-0.25, -0.2) is 4.79 Å². The van der Waals surface area contributed by atoms with Gasteiger partial charge < -0.3 is 19.7 Å². The van der Waals surface area contributed by atoms with E-state index < -0.39 is 5.92 Å². The van der Waals surface area contributed by atoms with Crippen LogP contribution in [0.5, 0.6) is 0 Å². The van der Waals surface area contributed by atoms with E-state index in [1.165, 1.54) is 0 Å². The fourth-order valence-electron chi connectivity index (χ4n) is 4.57. The molecule has 6 heteroatoms. The number of Topliss-reactive ketones (excluding diaryl/α,β-unsaturated/α-hetero) is 1. The van der Waals surface area contributed by atoms with E-state index in [1.807, 2.05) is 50.2 Å². The molecule has 6 nitrogen and oxygen atoms in total. The highest BCUT2D eigenvalue weighted by molar-refractivity contribution is 6.03. The van der Waals surface area contributed by atoms with Gasteiger partial charge in [0.2, 0.25) is 0 Å². The van der Waals surface area contributed by atoms with Crippen molar-refractivity contribution in [3.05, 3.63) is 52.4 Å². The average molecular weight is 411 g/mol. The minimum Gasteiger partial charge on any atom is -0.459 e. The molecule has 2 atom stereocenters. The van der Waals surface area contributed by atoms with Crippen LogP contribution in [0.3, 0.4) is 0 Å². The summed E-state index contributed by atoms with van der Waals surface area (Å²) in [5.41, 5.74) is 4.96. The summed E-state index contributed by atoms with van der Waals surface area (Å²) in [6.45, 7) is 2.87. The molecule has 1 aliphatic carbocycles. The molecule has 0 bridgehead atoms. The van der Waals surface area contributed by atoms with Crippen molar-refractivity contribution in [2.24, 2.45) is 0 Å². The fourth-order valence-corrected chi connectivity index (χ4v) is 4.57. The number of nitrogens with zero attached hydrogens (tertiary/aromatic N) is 1. The van der Waals surface area contributed by atoms with Crippen molar-refractivity contribution in [3.63, 3.8) is 0 Å². The van der Waals surface area contributed by atoms with Crippen molar-refractivity contribution in [3.8, 4) is 0 Å². The molecule has 0 spiro atoms. The van der Waals surface area contributed by atoms with E-state index in [0.717, 1.165) is 54.9 Å². The Bertz CT molecular complexity index is 892. The van der Waals surface area contributed by atoms with Crippen LogP contribution >= 0.6 is 0 Å². The SMILES string of the molecule is CC1=C(C(=O)OCC2CCCO2)C(c2ccc(N(C)C)cc2)C2=C(CCCC2=O)N1. The van der Waals surface area contributed by atoms with E-state index in [-0.39, 0.29) is 24.5 Å². The largest absolute Gasteiger partial charge is 0.459 e. The Balaban J connectivity index is 1.68. The minimum absolute atomic E-state index is 0.0321. The number of hydrogen-bond donors (Lipinski definition) is 1. The second kappa shape index (κ2) is 8.64. The second-order valence-corrected chi connectivity index (χ2v) is 8.49. The molecule has 3 aliphatic rings. The Morgan fingerprint density at radius 3 is 2.63 bits per heavy atom. The van der Waals surface area contributed by atoms with Gasteiger partial charge in [0.15, 0.2) is 5.78 Å². The lowest BCUT2D eigenvalue weighted by molar-refractivity contribution is -0.142. The number of ether oxygens (including phenoxy) is 2. The number of carbonyl (C=O) groups excluding carboxylic acids is 2. The van der Waals surface area contributed by atoms with Gasteiger partial charge in [-0.2, -0.15) is 0 Å². The van der Waals surface area contributed by atoms with Crippen molar-refractivity contribution >= 4 is 17.4 Å². The van der Waals surface area contributed by atoms with Crippen LogP contribution < -0.4 is 10.2 Å². The zero-order valence-electron chi connectivity index (χ0n) is 18.0. The molecule has 1 N–H and O–H groups in total. The zero-order valence-corrected chi connectivity index (χ0v) is 18.0. The highest BCUT2D eigenvalue weighted by Gasteiger charge is 2.39. The van der Waals surface area contributed by atoms with Gasteiger partial charge >= 0.3 is 5.97 Å². The molecule has 4 rings (SSSR count). The van der Waals surface area contributed by atoms with Crippen molar-refractivity contribution in [2.45, 2.75) is 51.0 Å². The number of esters is 1. The van der Waals surface area contributed by atoms with Crippen LogP contribution in [0.25, 0.3) is 0 Å². The van der Waals surface area contributed by atoms with Crippen LogP contribution in [0.4, 0.5) is 5.69 Å². The lowest BCUT2D eigenvalue weighted by Crippen LogP contribution is -2.35. The van der Waals surface area contributed by atoms with Crippen LogP contribution in [0, 0.1) is 0 Å². The fraction of sp³-hybridized carbons (Fsp3) is 0.500. The molecular weight excluding hydrogens is 380 g/mol. The topological polar surface area (TPSA) is 67.9 Å².